The number of ether oxygens (including phenoxy) is 2. The summed E-state index contributed by atoms with van der Waals surface area (Å²) in [7, 11) is 1.34. The van der Waals surface area contributed by atoms with E-state index in [0.717, 1.165) is 41.7 Å². The van der Waals surface area contributed by atoms with Crippen LogP contribution in [0.2, 0.25) is 0 Å². The number of aryl methyl sites for hydroxylation is 1. The van der Waals surface area contributed by atoms with Gasteiger partial charge in [0.2, 0.25) is 0 Å². The summed E-state index contributed by atoms with van der Waals surface area (Å²) in [5.74, 6) is -1.41. The lowest BCUT2D eigenvalue weighted by molar-refractivity contribution is -0.134. The molecule has 4 rings (SSSR count). The van der Waals surface area contributed by atoms with E-state index in [1.807, 2.05) is 12.1 Å². The van der Waals surface area contributed by atoms with Crippen LogP contribution in [0.3, 0.4) is 0 Å². The summed E-state index contributed by atoms with van der Waals surface area (Å²) >= 11 is 1.41. The number of fused-ring (bicyclic) bond motifs is 2. The highest BCUT2D eigenvalue weighted by Gasteiger charge is 2.43. The molecule has 0 spiro atoms. The standard InChI is InChI=1S/C21H21NO5S/c1-21(11-12-7-3-4-8-13(12)18(23)27-21)20(25)22-17-16(19(24)26-2)14-9-5-6-10-15(14)28-17/h3-4,7-8H,5-6,9-11H2,1-2H3,(H,22,25)/t21-/m1/s1. The van der Waals surface area contributed by atoms with Gasteiger partial charge in [0.15, 0.2) is 5.60 Å². The normalized spacial score (nSPS) is 20.6. The molecule has 2 heterocycles. The first-order chi connectivity index (χ1) is 13.4. The second kappa shape index (κ2) is 7.05. The lowest BCUT2D eigenvalue weighted by Crippen LogP contribution is -2.48. The Kier molecular flexibility index (Phi) is 4.71. The van der Waals surface area contributed by atoms with Gasteiger partial charge in [-0.05, 0) is 49.8 Å². The van der Waals surface area contributed by atoms with Gasteiger partial charge in [-0.15, -0.1) is 11.3 Å². The van der Waals surface area contributed by atoms with Crippen LogP contribution >= 0.6 is 11.3 Å². The summed E-state index contributed by atoms with van der Waals surface area (Å²) in [6, 6.07) is 7.11. The molecule has 28 heavy (non-hydrogen) atoms. The van der Waals surface area contributed by atoms with Crippen molar-refractivity contribution in [3.05, 3.63) is 51.4 Å². The van der Waals surface area contributed by atoms with E-state index < -0.39 is 23.4 Å². The number of methoxy groups -OCH3 is 1. The summed E-state index contributed by atoms with van der Waals surface area (Å²) in [6.07, 6.45) is 4.03. The predicted octanol–water partition coefficient (Wildman–Crippen LogP) is 3.52. The van der Waals surface area contributed by atoms with Crippen molar-refractivity contribution in [3.63, 3.8) is 0 Å². The Bertz CT molecular complexity index is 979. The van der Waals surface area contributed by atoms with Crippen molar-refractivity contribution in [2.45, 2.75) is 44.6 Å². The fourth-order valence-corrected chi connectivity index (χ4v) is 5.14. The highest BCUT2D eigenvalue weighted by Crippen LogP contribution is 2.39. The highest BCUT2D eigenvalue weighted by atomic mass is 32.1. The number of carbonyl (C=O) groups is 3. The van der Waals surface area contributed by atoms with Gasteiger partial charge in [0.25, 0.3) is 5.91 Å². The number of anilines is 1. The van der Waals surface area contributed by atoms with Crippen LogP contribution in [0, 0.1) is 0 Å². The first kappa shape index (κ1) is 18.7. The number of nitrogens with one attached hydrogen (secondary N) is 1. The van der Waals surface area contributed by atoms with Crippen LogP contribution in [0.5, 0.6) is 0 Å². The van der Waals surface area contributed by atoms with Crippen molar-refractivity contribution in [2.24, 2.45) is 0 Å². The van der Waals surface area contributed by atoms with E-state index in [9.17, 15) is 14.4 Å². The molecule has 1 aliphatic carbocycles. The average Bonchev–Trinajstić information content (AvgIpc) is 3.05. The number of esters is 2. The zero-order valence-corrected chi connectivity index (χ0v) is 16.6. The molecule has 6 nitrogen and oxygen atoms in total. The smallest absolute Gasteiger partial charge is 0.341 e. The maximum absolute atomic E-state index is 13.1. The van der Waals surface area contributed by atoms with Gasteiger partial charge >= 0.3 is 11.9 Å². The number of hydrogen-bond acceptors (Lipinski definition) is 6. The third-order valence-corrected chi connectivity index (χ3v) is 6.56. The van der Waals surface area contributed by atoms with Crippen molar-refractivity contribution in [3.8, 4) is 0 Å². The van der Waals surface area contributed by atoms with E-state index in [1.54, 1.807) is 19.1 Å². The molecule has 2 aliphatic rings. The Labute approximate surface area is 166 Å². The zero-order valence-electron chi connectivity index (χ0n) is 15.8. The van der Waals surface area contributed by atoms with Crippen LogP contribution in [-0.2, 0) is 33.5 Å². The molecule has 0 saturated carbocycles. The van der Waals surface area contributed by atoms with Gasteiger partial charge in [-0.2, -0.15) is 0 Å². The average molecular weight is 399 g/mol. The number of rotatable bonds is 3. The number of thiophene rings is 1. The fourth-order valence-electron chi connectivity index (χ4n) is 3.87. The minimum absolute atomic E-state index is 0.277. The molecule has 0 radical (unpaired) electrons. The van der Waals surface area contributed by atoms with E-state index in [4.69, 9.17) is 9.47 Å². The van der Waals surface area contributed by atoms with Gasteiger partial charge in [0.1, 0.15) is 5.00 Å². The van der Waals surface area contributed by atoms with Gasteiger partial charge in [0, 0.05) is 11.3 Å². The van der Waals surface area contributed by atoms with E-state index in [1.165, 1.54) is 18.4 Å². The lowest BCUT2D eigenvalue weighted by atomic mass is 9.89. The summed E-state index contributed by atoms with van der Waals surface area (Å²) in [6.45, 7) is 1.60. The summed E-state index contributed by atoms with van der Waals surface area (Å²) in [5, 5.41) is 3.32. The van der Waals surface area contributed by atoms with Crippen LogP contribution in [0.25, 0.3) is 0 Å². The van der Waals surface area contributed by atoms with Crippen molar-refractivity contribution < 1.29 is 23.9 Å². The molecule has 0 bridgehead atoms. The molecule has 0 unspecified atom stereocenters. The quantitative estimate of drug-likeness (QED) is 0.799. The molecule has 1 N–H and O–H groups in total. The molecule has 1 aliphatic heterocycles. The first-order valence-corrected chi connectivity index (χ1v) is 10.1. The third kappa shape index (κ3) is 3.09. The largest absolute Gasteiger partial charge is 0.465 e. The first-order valence-electron chi connectivity index (χ1n) is 9.28. The van der Waals surface area contributed by atoms with Crippen LogP contribution in [-0.4, -0.2) is 30.6 Å². The zero-order chi connectivity index (χ0) is 19.9. The molecule has 2 aromatic rings. The van der Waals surface area contributed by atoms with E-state index in [2.05, 4.69) is 5.32 Å². The van der Waals surface area contributed by atoms with Crippen molar-refractivity contribution in [1.82, 2.24) is 0 Å². The van der Waals surface area contributed by atoms with Crippen molar-refractivity contribution in [2.75, 3.05) is 12.4 Å². The SMILES string of the molecule is COC(=O)c1c(NC(=O)[C@@]2(C)Cc3ccccc3C(=O)O2)sc2c1CCCC2. The second-order valence-electron chi connectivity index (χ2n) is 7.32. The fraction of sp³-hybridized carbons (Fsp3) is 0.381. The number of hydrogen-bond donors (Lipinski definition) is 1. The Morgan fingerprint density at radius 3 is 2.75 bits per heavy atom. The minimum Gasteiger partial charge on any atom is -0.465 e. The molecule has 7 heteroatoms. The predicted molar refractivity (Wildman–Crippen MR) is 105 cm³/mol. The number of amides is 1. The molecular formula is C21H21NO5S. The lowest BCUT2D eigenvalue weighted by Gasteiger charge is -2.32. The molecular weight excluding hydrogens is 378 g/mol. The van der Waals surface area contributed by atoms with Crippen LogP contribution in [0.15, 0.2) is 24.3 Å². The second-order valence-corrected chi connectivity index (χ2v) is 8.42. The van der Waals surface area contributed by atoms with Gasteiger partial charge < -0.3 is 14.8 Å². The summed E-state index contributed by atoms with van der Waals surface area (Å²) in [5.41, 5.74) is 1.31. The van der Waals surface area contributed by atoms with Crippen molar-refractivity contribution >= 4 is 34.2 Å². The van der Waals surface area contributed by atoms with Gasteiger partial charge in [-0.1, -0.05) is 18.2 Å². The maximum Gasteiger partial charge on any atom is 0.341 e. The van der Waals surface area contributed by atoms with Gasteiger partial charge in [-0.25, -0.2) is 9.59 Å². The van der Waals surface area contributed by atoms with Crippen molar-refractivity contribution in [1.29, 1.82) is 0 Å². The van der Waals surface area contributed by atoms with Gasteiger partial charge in [-0.3, -0.25) is 4.79 Å². The number of carbonyl (C=O) groups excluding carboxylic acids is 3. The van der Waals surface area contributed by atoms with E-state index in [-0.39, 0.29) is 6.42 Å². The maximum atomic E-state index is 13.1. The molecule has 1 aromatic carbocycles. The summed E-state index contributed by atoms with van der Waals surface area (Å²) < 4.78 is 10.4. The minimum atomic E-state index is -1.34. The third-order valence-electron chi connectivity index (χ3n) is 5.35. The number of cyclic esters (lactones) is 1. The topological polar surface area (TPSA) is 81.7 Å². The Morgan fingerprint density at radius 2 is 1.96 bits per heavy atom. The molecule has 146 valence electrons. The van der Waals surface area contributed by atoms with E-state index >= 15 is 0 Å². The molecule has 1 aromatic heterocycles. The molecule has 1 atom stereocenters. The molecule has 0 fully saturated rings. The molecule has 0 saturated heterocycles. The van der Waals surface area contributed by atoms with Gasteiger partial charge in [0.05, 0.1) is 18.2 Å². The monoisotopic (exact) mass is 399 g/mol. The Balaban J connectivity index is 1.65. The Hall–Kier alpha value is -2.67. The molecule has 1 amide bonds. The van der Waals surface area contributed by atoms with Crippen LogP contribution < -0.4 is 5.32 Å². The highest BCUT2D eigenvalue weighted by molar-refractivity contribution is 7.17. The summed E-state index contributed by atoms with van der Waals surface area (Å²) in [4.78, 5) is 38.9. The van der Waals surface area contributed by atoms with Crippen LogP contribution in [0.4, 0.5) is 5.00 Å². The van der Waals surface area contributed by atoms with E-state index in [0.29, 0.717) is 16.1 Å². The van der Waals surface area contributed by atoms with Crippen LogP contribution in [0.1, 0.15) is 56.5 Å². The Morgan fingerprint density at radius 1 is 1.21 bits per heavy atom. The number of benzene rings is 1.